The van der Waals surface area contributed by atoms with Gasteiger partial charge in [0.25, 0.3) is 0 Å². The Morgan fingerprint density at radius 2 is 2.37 bits per heavy atom. The van der Waals surface area contributed by atoms with Crippen LogP contribution < -0.4 is 10.1 Å². The summed E-state index contributed by atoms with van der Waals surface area (Å²) < 4.78 is 10.6. The zero-order valence-electron chi connectivity index (χ0n) is 10.9. The first kappa shape index (κ1) is 13.5. The Hall–Kier alpha value is -1.89. The van der Waals surface area contributed by atoms with Gasteiger partial charge in [-0.1, -0.05) is 0 Å². The molecule has 1 fully saturated rings. The van der Waals surface area contributed by atoms with Gasteiger partial charge in [-0.25, -0.2) is 4.98 Å². The molecule has 104 valence electrons. The second-order valence-corrected chi connectivity index (χ2v) is 4.62. The normalized spacial score (nSPS) is 22.5. The number of aliphatic carboxylic acids is 1. The second-order valence-electron chi connectivity index (χ2n) is 4.62. The standard InChI is InChI=1S/C12H17N3O4/c1-7(2)19-10-3-4-13-12(15-10)14-9-6-18-5-8(9)11(16)17/h3-4,7-9H,5-6H2,1-2H3,(H,16,17)(H,13,14,15). The lowest BCUT2D eigenvalue weighted by Crippen LogP contribution is -2.33. The predicted molar refractivity (Wildman–Crippen MR) is 67.2 cm³/mol. The fraction of sp³-hybridized carbons (Fsp3) is 0.583. The van der Waals surface area contributed by atoms with Crippen LogP contribution in [0.25, 0.3) is 0 Å². The smallest absolute Gasteiger partial charge is 0.311 e. The molecule has 0 spiro atoms. The molecular weight excluding hydrogens is 250 g/mol. The van der Waals surface area contributed by atoms with Gasteiger partial charge in [-0.2, -0.15) is 4.98 Å². The molecule has 0 bridgehead atoms. The number of carboxylic acids is 1. The number of ether oxygens (including phenoxy) is 2. The number of rotatable bonds is 5. The van der Waals surface area contributed by atoms with Crippen LogP contribution in [0.3, 0.4) is 0 Å². The minimum atomic E-state index is -0.885. The lowest BCUT2D eigenvalue weighted by atomic mass is 10.0. The summed E-state index contributed by atoms with van der Waals surface area (Å²) in [6.45, 7) is 4.34. The minimum absolute atomic E-state index is 0.0179. The Kier molecular flexibility index (Phi) is 4.16. The Bertz CT molecular complexity index is 452. The van der Waals surface area contributed by atoms with Crippen LogP contribution in [0.4, 0.5) is 5.95 Å². The van der Waals surface area contributed by atoms with Gasteiger partial charge in [0.05, 0.1) is 25.4 Å². The summed E-state index contributed by atoms with van der Waals surface area (Å²) in [6, 6.07) is 1.33. The average molecular weight is 267 g/mol. The van der Waals surface area contributed by atoms with Gasteiger partial charge in [-0.05, 0) is 13.8 Å². The molecule has 2 heterocycles. The summed E-state index contributed by atoms with van der Waals surface area (Å²) >= 11 is 0. The summed E-state index contributed by atoms with van der Waals surface area (Å²) in [5.41, 5.74) is 0. The predicted octanol–water partition coefficient (Wildman–Crippen LogP) is 0.775. The van der Waals surface area contributed by atoms with Crippen molar-refractivity contribution in [2.45, 2.75) is 26.0 Å². The molecule has 0 amide bonds. The third-order valence-electron chi connectivity index (χ3n) is 2.70. The van der Waals surface area contributed by atoms with Crippen molar-refractivity contribution in [1.29, 1.82) is 0 Å². The molecule has 1 aliphatic rings. The minimum Gasteiger partial charge on any atom is -0.481 e. The number of anilines is 1. The second kappa shape index (κ2) is 5.83. The number of hydrogen-bond acceptors (Lipinski definition) is 6. The van der Waals surface area contributed by atoms with Crippen LogP contribution in [-0.2, 0) is 9.53 Å². The van der Waals surface area contributed by atoms with Crippen LogP contribution >= 0.6 is 0 Å². The molecule has 2 N–H and O–H groups in total. The highest BCUT2D eigenvalue weighted by Crippen LogP contribution is 2.18. The van der Waals surface area contributed by atoms with Crippen LogP contribution in [0.15, 0.2) is 12.3 Å². The number of carboxylic acid groups (broad SMARTS) is 1. The van der Waals surface area contributed by atoms with Crippen molar-refractivity contribution in [3.8, 4) is 5.88 Å². The van der Waals surface area contributed by atoms with Crippen molar-refractivity contribution in [3.63, 3.8) is 0 Å². The lowest BCUT2D eigenvalue weighted by Gasteiger charge is -2.16. The molecule has 2 rings (SSSR count). The Labute approximate surface area is 111 Å². The van der Waals surface area contributed by atoms with E-state index >= 15 is 0 Å². The first-order chi connectivity index (χ1) is 9.06. The van der Waals surface area contributed by atoms with Gasteiger partial charge in [0.15, 0.2) is 0 Å². The molecule has 1 aromatic rings. The van der Waals surface area contributed by atoms with Crippen LogP contribution in [0.1, 0.15) is 13.8 Å². The summed E-state index contributed by atoms with van der Waals surface area (Å²) in [7, 11) is 0. The lowest BCUT2D eigenvalue weighted by molar-refractivity contribution is -0.141. The van der Waals surface area contributed by atoms with E-state index in [0.29, 0.717) is 18.4 Å². The fourth-order valence-electron chi connectivity index (χ4n) is 1.82. The number of hydrogen-bond donors (Lipinski definition) is 2. The summed E-state index contributed by atoms with van der Waals surface area (Å²) in [5.74, 6) is -0.666. The molecular formula is C12H17N3O4. The number of carbonyl (C=O) groups is 1. The van der Waals surface area contributed by atoms with Gasteiger partial charge in [0.1, 0.15) is 5.92 Å². The van der Waals surface area contributed by atoms with Gasteiger partial charge in [-0.15, -0.1) is 0 Å². The van der Waals surface area contributed by atoms with E-state index in [4.69, 9.17) is 14.6 Å². The van der Waals surface area contributed by atoms with E-state index in [1.807, 2.05) is 13.8 Å². The van der Waals surface area contributed by atoms with Gasteiger partial charge in [0, 0.05) is 12.3 Å². The summed E-state index contributed by atoms with van der Waals surface area (Å²) in [5, 5.41) is 12.0. The van der Waals surface area contributed by atoms with E-state index in [2.05, 4.69) is 15.3 Å². The maximum absolute atomic E-state index is 11.0. The molecule has 0 aromatic carbocycles. The van der Waals surface area contributed by atoms with E-state index in [1.54, 1.807) is 12.3 Å². The van der Waals surface area contributed by atoms with E-state index in [0.717, 1.165) is 0 Å². The Morgan fingerprint density at radius 3 is 3.05 bits per heavy atom. The molecule has 1 aliphatic heterocycles. The summed E-state index contributed by atoms with van der Waals surface area (Å²) in [4.78, 5) is 19.3. The quantitative estimate of drug-likeness (QED) is 0.814. The molecule has 0 aliphatic carbocycles. The Morgan fingerprint density at radius 1 is 1.58 bits per heavy atom. The van der Waals surface area contributed by atoms with Crippen molar-refractivity contribution >= 4 is 11.9 Å². The van der Waals surface area contributed by atoms with Gasteiger partial charge in [0.2, 0.25) is 11.8 Å². The molecule has 2 unspecified atom stereocenters. The molecule has 0 radical (unpaired) electrons. The first-order valence-electron chi connectivity index (χ1n) is 6.13. The van der Waals surface area contributed by atoms with Gasteiger partial charge < -0.3 is 19.9 Å². The maximum Gasteiger partial charge on any atom is 0.311 e. The summed E-state index contributed by atoms with van der Waals surface area (Å²) in [6.07, 6.45) is 1.59. The van der Waals surface area contributed by atoms with E-state index in [1.165, 1.54) is 0 Å². The van der Waals surface area contributed by atoms with Crippen LogP contribution in [0.5, 0.6) is 5.88 Å². The highest BCUT2D eigenvalue weighted by molar-refractivity contribution is 5.72. The van der Waals surface area contributed by atoms with Crippen molar-refractivity contribution < 1.29 is 19.4 Å². The maximum atomic E-state index is 11.0. The van der Waals surface area contributed by atoms with Crippen molar-refractivity contribution in [2.75, 3.05) is 18.5 Å². The van der Waals surface area contributed by atoms with Gasteiger partial charge >= 0.3 is 5.97 Å². The molecule has 1 saturated heterocycles. The van der Waals surface area contributed by atoms with Crippen LogP contribution in [0, 0.1) is 5.92 Å². The van der Waals surface area contributed by atoms with E-state index in [9.17, 15) is 4.79 Å². The number of nitrogens with zero attached hydrogens (tertiary/aromatic N) is 2. The van der Waals surface area contributed by atoms with Crippen molar-refractivity contribution in [3.05, 3.63) is 12.3 Å². The SMILES string of the molecule is CC(C)Oc1ccnc(NC2COCC2C(=O)O)n1. The zero-order valence-corrected chi connectivity index (χ0v) is 10.9. The molecule has 19 heavy (non-hydrogen) atoms. The fourth-order valence-corrected chi connectivity index (χ4v) is 1.82. The molecule has 0 saturated carbocycles. The third kappa shape index (κ3) is 3.54. The monoisotopic (exact) mass is 267 g/mol. The average Bonchev–Trinajstić information content (AvgIpc) is 2.76. The Balaban J connectivity index is 2.04. The third-order valence-corrected chi connectivity index (χ3v) is 2.70. The topological polar surface area (TPSA) is 93.6 Å². The highest BCUT2D eigenvalue weighted by Gasteiger charge is 2.34. The number of aromatic nitrogens is 2. The first-order valence-corrected chi connectivity index (χ1v) is 6.13. The van der Waals surface area contributed by atoms with E-state index in [-0.39, 0.29) is 18.8 Å². The molecule has 7 heteroatoms. The van der Waals surface area contributed by atoms with E-state index < -0.39 is 11.9 Å². The molecule has 2 atom stereocenters. The van der Waals surface area contributed by atoms with Gasteiger partial charge in [-0.3, -0.25) is 4.79 Å². The largest absolute Gasteiger partial charge is 0.481 e. The van der Waals surface area contributed by atoms with Crippen LogP contribution in [-0.4, -0.2) is 46.4 Å². The number of nitrogens with one attached hydrogen (secondary N) is 1. The zero-order chi connectivity index (χ0) is 13.8. The van der Waals surface area contributed by atoms with Crippen LogP contribution in [0.2, 0.25) is 0 Å². The van der Waals surface area contributed by atoms with Crippen molar-refractivity contribution in [1.82, 2.24) is 9.97 Å². The van der Waals surface area contributed by atoms with Crippen molar-refractivity contribution in [2.24, 2.45) is 5.92 Å². The molecule has 7 nitrogen and oxygen atoms in total. The molecule has 1 aromatic heterocycles. The highest BCUT2D eigenvalue weighted by atomic mass is 16.5.